The number of ether oxygens (including phenoxy) is 2. The largest absolute Gasteiger partial charge is 0.496 e. The molecule has 6 heteroatoms. The van der Waals surface area contributed by atoms with Crippen LogP contribution in [0.25, 0.3) is 0 Å². The van der Waals surface area contributed by atoms with E-state index in [1.165, 1.54) is 0 Å². The molecule has 0 saturated heterocycles. The van der Waals surface area contributed by atoms with E-state index in [1.807, 2.05) is 31.2 Å². The van der Waals surface area contributed by atoms with E-state index in [9.17, 15) is 4.39 Å². The van der Waals surface area contributed by atoms with Crippen LogP contribution in [-0.2, 0) is 10.3 Å². The van der Waals surface area contributed by atoms with Gasteiger partial charge in [0.25, 0.3) is 6.02 Å². The van der Waals surface area contributed by atoms with Crippen LogP contribution in [-0.4, -0.2) is 27.6 Å². The summed E-state index contributed by atoms with van der Waals surface area (Å²) in [5.41, 5.74) is 7.56. The van der Waals surface area contributed by atoms with E-state index in [2.05, 4.69) is 4.99 Å². The Morgan fingerprint density at radius 2 is 2.13 bits per heavy atom. The normalized spacial score (nSPS) is 20.0. The maximum Gasteiger partial charge on any atom is 0.283 e. The maximum absolute atomic E-state index is 14.8. The second-order valence-electron chi connectivity index (χ2n) is 5.72. The van der Waals surface area contributed by atoms with Crippen LogP contribution in [0.5, 0.6) is 5.75 Å². The van der Waals surface area contributed by atoms with Crippen LogP contribution in [0.15, 0.2) is 41.4 Å². The molecule has 0 bridgehead atoms. The molecule has 2 aromatic rings. The van der Waals surface area contributed by atoms with Gasteiger partial charge in [-0.2, -0.15) is 0 Å². The van der Waals surface area contributed by atoms with Crippen LogP contribution in [0, 0.1) is 12.7 Å². The summed E-state index contributed by atoms with van der Waals surface area (Å²) in [6.45, 7) is 2.11. The van der Waals surface area contributed by atoms with Gasteiger partial charge in [0.2, 0.25) is 0 Å². The summed E-state index contributed by atoms with van der Waals surface area (Å²) in [7, 11) is 3.35. The molecule has 0 fully saturated rings. The molecule has 0 amide bonds. The molecule has 0 spiro atoms. The van der Waals surface area contributed by atoms with Gasteiger partial charge in [-0.25, -0.2) is 9.38 Å². The van der Waals surface area contributed by atoms with E-state index >= 15 is 0 Å². The molecule has 1 unspecified atom stereocenters. The fourth-order valence-corrected chi connectivity index (χ4v) is 2.97. The van der Waals surface area contributed by atoms with Crippen molar-refractivity contribution in [2.75, 3.05) is 13.7 Å². The molecular weight excluding hydrogens is 294 g/mol. The fourth-order valence-electron chi connectivity index (χ4n) is 2.97. The molecule has 3 rings (SSSR count). The van der Waals surface area contributed by atoms with E-state index in [4.69, 9.17) is 15.2 Å². The molecule has 23 heavy (non-hydrogen) atoms. The summed E-state index contributed by atoms with van der Waals surface area (Å²) in [6.07, 6.45) is 0. The van der Waals surface area contributed by atoms with E-state index in [0.717, 1.165) is 16.9 Å². The zero-order chi connectivity index (χ0) is 16.6. The Hall–Kier alpha value is -2.50. The van der Waals surface area contributed by atoms with Crippen LogP contribution in [0.4, 0.5) is 4.39 Å². The predicted molar refractivity (Wildman–Crippen MR) is 90.7 cm³/mol. The van der Waals surface area contributed by atoms with Crippen molar-refractivity contribution in [3.05, 3.63) is 58.9 Å². The molecule has 0 radical (unpaired) electrons. The van der Waals surface area contributed by atoms with E-state index < -0.39 is 5.54 Å². The number of nitrogens with two attached hydrogens (primary N) is 1. The van der Waals surface area contributed by atoms with E-state index in [1.54, 1.807) is 27.1 Å². The molecule has 1 aliphatic rings. The summed E-state index contributed by atoms with van der Waals surface area (Å²) in [4.78, 5) is 4.45. The summed E-state index contributed by atoms with van der Waals surface area (Å²) in [5.74, 6) is 0.479. The average Bonchev–Trinajstić information content (AvgIpc) is 2.93. The zero-order valence-corrected chi connectivity index (χ0v) is 13.4. The Morgan fingerprint density at radius 1 is 1.35 bits per heavy atom. The Kier molecular flexibility index (Phi) is 3.76. The standard InChI is InChI=1S/C17H18BFN2O2/c1-10-8-11(6-7-14(10)22-2)17(9-23-16(20)21-17)12-4-3-5-13(18)15(12)19/h3-8H,9,18H2,1-2H3,(H2,20,21). The third-order valence-electron chi connectivity index (χ3n) is 4.24. The number of aryl methyl sites for hydroxylation is 1. The molecule has 2 N–H and O–H groups in total. The molecule has 1 atom stereocenters. The number of halogens is 1. The van der Waals surface area contributed by atoms with Crippen molar-refractivity contribution < 1.29 is 13.9 Å². The minimum absolute atomic E-state index is 0.0689. The summed E-state index contributed by atoms with van der Waals surface area (Å²) < 4.78 is 25.5. The van der Waals surface area contributed by atoms with Gasteiger partial charge >= 0.3 is 0 Å². The zero-order valence-electron chi connectivity index (χ0n) is 13.4. The maximum atomic E-state index is 14.8. The van der Waals surface area contributed by atoms with Crippen molar-refractivity contribution in [2.24, 2.45) is 10.7 Å². The number of amidine groups is 1. The Labute approximate surface area is 135 Å². The first-order chi connectivity index (χ1) is 11.0. The van der Waals surface area contributed by atoms with Crippen molar-refractivity contribution in [2.45, 2.75) is 12.5 Å². The Morgan fingerprint density at radius 3 is 2.74 bits per heavy atom. The summed E-state index contributed by atoms with van der Waals surface area (Å²) >= 11 is 0. The molecule has 118 valence electrons. The van der Waals surface area contributed by atoms with Crippen LogP contribution in [0.2, 0.25) is 0 Å². The average molecular weight is 312 g/mol. The smallest absolute Gasteiger partial charge is 0.283 e. The SMILES string of the molecule is Bc1cccc(C2(c3ccc(OC)c(C)c3)COC(N)=N2)c1F. The number of hydrogen-bond acceptors (Lipinski definition) is 4. The summed E-state index contributed by atoms with van der Waals surface area (Å²) in [6, 6.07) is 11.0. The van der Waals surface area contributed by atoms with Crippen molar-refractivity contribution in [1.82, 2.24) is 0 Å². The first kappa shape index (κ1) is 15.4. The molecule has 0 saturated carbocycles. The lowest BCUT2D eigenvalue weighted by Gasteiger charge is -2.27. The van der Waals surface area contributed by atoms with E-state index in [-0.39, 0.29) is 18.4 Å². The fraction of sp³-hybridized carbons (Fsp3) is 0.235. The predicted octanol–water partition coefficient (Wildman–Crippen LogP) is 0.990. The highest BCUT2D eigenvalue weighted by molar-refractivity contribution is 6.32. The number of benzene rings is 2. The Balaban J connectivity index is 2.23. The third kappa shape index (κ3) is 2.44. The van der Waals surface area contributed by atoms with Crippen LogP contribution >= 0.6 is 0 Å². The highest BCUT2D eigenvalue weighted by atomic mass is 19.1. The van der Waals surface area contributed by atoms with Crippen molar-refractivity contribution in [1.29, 1.82) is 0 Å². The monoisotopic (exact) mass is 312 g/mol. The summed E-state index contributed by atoms with van der Waals surface area (Å²) in [5, 5.41) is 0. The van der Waals surface area contributed by atoms with Crippen molar-refractivity contribution >= 4 is 19.3 Å². The quantitative estimate of drug-likeness (QED) is 0.860. The first-order valence-corrected chi connectivity index (χ1v) is 7.37. The van der Waals surface area contributed by atoms with E-state index in [0.29, 0.717) is 11.0 Å². The lowest BCUT2D eigenvalue weighted by molar-refractivity contribution is 0.275. The van der Waals surface area contributed by atoms with Gasteiger partial charge in [0, 0.05) is 5.56 Å². The lowest BCUT2D eigenvalue weighted by Crippen LogP contribution is -2.31. The second kappa shape index (κ2) is 5.61. The first-order valence-electron chi connectivity index (χ1n) is 7.37. The van der Waals surface area contributed by atoms with Gasteiger partial charge < -0.3 is 15.2 Å². The molecule has 0 aliphatic carbocycles. The number of aliphatic imine (C=N–C) groups is 1. The second-order valence-corrected chi connectivity index (χ2v) is 5.72. The number of hydrogen-bond donors (Lipinski definition) is 1. The van der Waals surface area contributed by atoms with Gasteiger partial charge in [-0.3, -0.25) is 0 Å². The molecule has 4 nitrogen and oxygen atoms in total. The highest BCUT2D eigenvalue weighted by Crippen LogP contribution is 2.39. The van der Waals surface area contributed by atoms with Crippen molar-refractivity contribution in [3.8, 4) is 5.75 Å². The minimum Gasteiger partial charge on any atom is -0.496 e. The van der Waals surface area contributed by atoms with Gasteiger partial charge in [0.05, 0.1) is 7.11 Å². The van der Waals surface area contributed by atoms with Gasteiger partial charge in [-0.15, -0.1) is 0 Å². The Bertz CT molecular complexity index is 794. The van der Waals surface area contributed by atoms with Crippen LogP contribution in [0.1, 0.15) is 16.7 Å². The molecule has 0 aromatic heterocycles. The van der Waals surface area contributed by atoms with Crippen LogP contribution < -0.4 is 15.9 Å². The number of rotatable bonds is 3. The van der Waals surface area contributed by atoms with Gasteiger partial charge in [-0.05, 0) is 30.2 Å². The molecule has 1 aliphatic heterocycles. The molecular formula is C17H18BFN2O2. The topological polar surface area (TPSA) is 56.8 Å². The lowest BCUT2D eigenvalue weighted by atomic mass is 9.80. The molecule has 2 aromatic carbocycles. The third-order valence-corrected chi connectivity index (χ3v) is 4.24. The van der Waals surface area contributed by atoms with Gasteiger partial charge in [-0.1, -0.05) is 29.7 Å². The highest BCUT2D eigenvalue weighted by Gasteiger charge is 2.42. The number of methoxy groups -OCH3 is 1. The van der Waals surface area contributed by atoms with Gasteiger partial charge in [0.1, 0.15) is 26.0 Å². The molecule has 1 heterocycles. The minimum atomic E-state index is -0.975. The number of nitrogens with zero attached hydrogens (tertiary/aromatic N) is 1. The van der Waals surface area contributed by atoms with Gasteiger partial charge in [0.15, 0.2) is 5.54 Å². The van der Waals surface area contributed by atoms with Crippen molar-refractivity contribution in [3.63, 3.8) is 0 Å². The van der Waals surface area contributed by atoms with Crippen LogP contribution in [0.3, 0.4) is 0 Å².